The summed E-state index contributed by atoms with van der Waals surface area (Å²) in [6, 6.07) is 0. The zero-order valence-electron chi connectivity index (χ0n) is 9.58. The summed E-state index contributed by atoms with van der Waals surface area (Å²) in [6.45, 7) is 7.63. The molecule has 0 spiro atoms. The van der Waals surface area contributed by atoms with Crippen LogP contribution in [0.4, 0.5) is 0 Å². The minimum Gasteiger partial charge on any atom is -0.462 e. The van der Waals surface area contributed by atoms with Crippen LogP contribution in [0.5, 0.6) is 0 Å². The maximum Gasteiger partial charge on any atom is 0.346 e. The summed E-state index contributed by atoms with van der Waals surface area (Å²) in [4.78, 5) is 11.2. The summed E-state index contributed by atoms with van der Waals surface area (Å²) < 4.78 is 16.3. The van der Waals surface area contributed by atoms with Crippen LogP contribution < -0.4 is 0 Å². The lowest BCUT2D eigenvalue weighted by molar-refractivity contribution is -0.137. The van der Waals surface area contributed by atoms with Crippen molar-refractivity contribution < 1.29 is 13.7 Å². The van der Waals surface area contributed by atoms with Crippen molar-refractivity contribution in [3.05, 3.63) is 11.5 Å². The van der Waals surface area contributed by atoms with Crippen molar-refractivity contribution in [3.8, 4) is 0 Å². The fourth-order valence-electron chi connectivity index (χ4n) is 1.09. The quantitative estimate of drug-likeness (QED) is 0.366. The third-order valence-corrected chi connectivity index (χ3v) is 3.34. The molecule has 0 aliphatic rings. The highest BCUT2D eigenvalue weighted by molar-refractivity contribution is 7.89. The Morgan fingerprint density at radius 3 is 2.47 bits per heavy atom. The second kappa shape index (κ2) is 8.65. The van der Waals surface area contributed by atoms with Crippen molar-refractivity contribution in [2.24, 2.45) is 0 Å². The van der Waals surface area contributed by atoms with E-state index < -0.39 is 16.8 Å². The van der Waals surface area contributed by atoms with Gasteiger partial charge in [-0.1, -0.05) is 32.8 Å². The molecule has 0 saturated carbocycles. The van der Waals surface area contributed by atoms with E-state index in [0.29, 0.717) is 12.4 Å². The van der Waals surface area contributed by atoms with Crippen molar-refractivity contribution in [1.82, 2.24) is 0 Å². The van der Waals surface area contributed by atoms with E-state index in [1.807, 2.05) is 0 Å². The van der Waals surface area contributed by atoms with Gasteiger partial charge in [0.05, 0.1) is 17.4 Å². The summed E-state index contributed by atoms with van der Waals surface area (Å²) in [5, 5.41) is 0. The molecule has 4 heteroatoms. The Hall–Kier alpha value is -0.640. The molecule has 0 aliphatic heterocycles. The number of unbranched alkanes of at least 4 members (excludes halogenated alkanes) is 3. The predicted octanol–water partition coefficient (Wildman–Crippen LogP) is 2.39. The second-order valence-electron chi connectivity index (χ2n) is 3.25. The van der Waals surface area contributed by atoms with Crippen molar-refractivity contribution in [2.75, 3.05) is 12.4 Å². The Balaban J connectivity index is 3.79. The molecule has 3 nitrogen and oxygen atoms in total. The summed E-state index contributed by atoms with van der Waals surface area (Å²) >= 11 is 0. The van der Waals surface area contributed by atoms with E-state index in [1.165, 1.54) is 0 Å². The molecule has 0 amide bonds. The summed E-state index contributed by atoms with van der Waals surface area (Å²) in [6.07, 6.45) is 4.21. The zero-order valence-corrected chi connectivity index (χ0v) is 10.4. The molecular weight excluding hydrogens is 212 g/mol. The van der Waals surface area contributed by atoms with Crippen molar-refractivity contribution in [3.63, 3.8) is 0 Å². The van der Waals surface area contributed by atoms with Crippen LogP contribution in [0.1, 0.15) is 39.5 Å². The number of hydrogen-bond acceptors (Lipinski definition) is 3. The number of rotatable bonds is 8. The molecule has 0 radical (unpaired) electrons. The Morgan fingerprint density at radius 2 is 1.93 bits per heavy atom. The molecular formula is C11H20O3S. The Morgan fingerprint density at radius 1 is 1.27 bits per heavy atom. The number of esters is 1. The molecule has 0 rings (SSSR count). The van der Waals surface area contributed by atoms with Crippen LogP contribution in [-0.2, 0) is 20.3 Å². The maximum absolute atomic E-state index is 11.5. The van der Waals surface area contributed by atoms with Gasteiger partial charge in [-0.3, -0.25) is 4.21 Å². The molecule has 15 heavy (non-hydrogen) atoms. The van der Waals surface area contributed by atoms with E-state index in [1.54, 1.807) is 6.92 Å². The molecule has 1 unspecified atom stereocenters. The van der Waals surface area contributed by atoms with Crippen LogP contribution in [0.15, 0.2) is 11.5 Å². The standard InChI is InChI=1S/C11H20O3S/c1-4-6-7-8-9-15(13)10(3)11(12)14-5-2/h3-9H2,1-2H3. The molecule has 0 aromatic heterocycles. The molecule has 0 aromatic rings. The molecule has 0 saturated heterocycles. The zero-order chi connectivity index (χ0) is 11.7. The third kappa shape index (κ3) is 6.44. The maximum atomic E-state index is 11.5. The molecule has 0 bridgehead atoms. The van der Waals surface area contributed by atoms with Gasteiger partial charge in [-0.25, -0.2) is 4.79 Å². The minimum atomic E-state index is -1.27. The monoisotopic (exact) mass is 232 g/mol. The van der Waals surface area contributed by atoms with Gasteiger partial charge < -0.3 is 4.74 Å². The highest BCUT2D eigenvalue weighted by Crippen LogP contribution is 2.07. The number of ether oxygens (including phenoxy) is 1. The Kier molecular flexibility index (Phi) is 8.28. The van der Waals surface area contributed by atoms with E-state index in [-0.39, 0.29) is 4.91 Å². The first kappa shape index (κ1) is 14.4. The topological polar surface area (TPSA) is 43.4 Å². The molecule has 0 heterocycles. The van der Waals surface area contributed by atoms with E-state index in [9.17, 15) is 9.00 Å². The average molecular weight is 232 g/mol. The van der Waals surface area contributed by atoms with Gasteiger partial charge in [0, 0.05) is 5.75 Å². The predicted molar refractivity (Wildman–Crippen MR) is 62.9 cm³/mol. The molecule has 0 aliphatic carbocycles. The van der Waals surface area contributed by atoms with Gasteiger partial charge in [-0.15, -0.1) is 0 Å². The summed E-state index contributed by atoms with van der Waals surface area (Å²) in [5.74, 6) is -0.0243. The molecule has 0 aromatic carbocycles. The van der Waals surface area contributed by atoms with Crippen LogP contribution in [0.2, 0.25) is 0 Å². The first-order valence-electron chi connectivity index (χ1n) is 5.37. The lowest BCUT2D eigenvalue weighted by atomic mass is 10.2. The normalized spacial score (nSPS) is 12.1. The number of carbonyl (C=O) groups is 1. The lowest BCUT2D eigenvalue weighted by Crippen LogP contribution is -2.13. The van der Waals surface area contributed by atoms with Crippen molar-refractivity contribution >= 4 is 16.8 Å². The first-order chi connectivity index (χ1) is 7.13. The molecule has 88 valence electrons. The number of hydrogen-bond donors (Lipinski definition) is 0. The Labute approximate surface area is 94.3 Å². The summed E-state index contributed by atoms with van der Waals surface area (Å²) in [7, 11) is -1.27. The van der Waals surface area contributed by atoms with Gasteiger partial charge in [0.2, 0.25) is 0 Å². The van der Waals surface area contributed by atoms with Crippen LogP contribution in [0.3, 0.4) is 0 Å². The smallest absolute Gasteiger partial charge is 0.346 e. The van der Waals surface area contributed by atoms with E-state index in [0.717, 1.165) is 25.7 Å². The third-order valence-electron chi connectivity index (χ3n) is 1.96. The van der Waals surface area contributed by atoms with Crippen molar-refractivity contribution in [1.29, 1.82) is 0 Å². The van der Waals surface area contributed by atoms with Crippen LogP contribution in [0.25, 0.3) is 0 Å². The largest absolute Gasteiger partial charge is 0.462 e. The van der Waals surface area contributed by atoms with Gasteiger partial charge in [0.25, 0.3) is 0 Å². The van der Waals surface area contributed by atoms with Gasteiger partial charge in [-0.2, -0.15) is 0 Å². The highest BCUT2D eigenvalue weighted by atomic mass is 32.2. The second-order valence-corrected chi connectivity index (χ2v) is 4.85. The molecule has 0 N–H and O–H groups in total. The fraction of sp³-hybridized carbons (Fsp3) is 0.727. The van der Waals surface area contributed by atoms with Crippen molar-refractivity contribution in [2.45, 2.75) is 39.5 Å². The van der Waals surface area contributed by atoms with Gasteiger partial charge >= 0.3 is 5.97 Å². The Bertz CT molecular complexity index is 236. The SMILES string of the molecule is C=C(C(=O)OCC)S(=O)CCCCCC. The van der Waals surface area contributed by atoms with E-state index in [4.69, 9.17) is 4.74 Å². The van der Waals surface area contributed by atoms with Crippen LogP contribution in [0, 0.1) is 0 Å². The highest BCUT2D eigenvalue weighted by Gasteiger charge is 2.14. The molecule has 0 fully saturated rings. The first-order valence-corrected chi connectivity index (χ1v) is 6.69. The van der Waals surface area contributed by atoms with Crippen LogP contribution in [-0.4, -0.2) is 22.5 Å². The van der Waals surface area contributed by atoms with Gasteiger partial charge in [0.15, 0.2) is 0 Å². The number of carbonyl (C=O) groups excluding carboxylic acids is 1. The molecule has 1 atom stereocenters. The van der Waals surface area contributed by atoms with E-state index >= 15 is 0 Å². The average Bonchev–Trinajstić information content (AvgIpc) is 2.23. The minimum absolute atomic E-state index is 0.0911. The van der Waals surface area contributed by atoms with E-state index in [2.05, 4.69) is 13.5 Å². The van der Waals surface area contributed by atoms with Gasteiger partial charge in [-0.05, 0) is 13.3 Å². The lowest BCUT2D eigenvalue weighted by Gasteiger charge is -2.04. The van der Waals surface area contributed by atoms with Gasteiger partial charge in [0.1, 0.15) is 4.91 Å². The fourth-order valence-corrected chi connectivity index (χ4v) is 2.05. The van der Waals surface area contributed by atoms with Crippen LogP contribution >= 0.6 is 0 Å². The summed E-state index contributed by atoms with van der Waals surface area (Å²) in [5.41, 5.74) is 0.